The molecule has 0 radical (unpaired) electrons. The van der Waals surface area contributed by atoms with E-state index in [9.17, 15) is 19.8 Å². The van der Waals surface area contributed by atoms with Crippen molar-refractivity contribution in [1.29, 1.82) is 0 Å². The number of carbonyl (C=O) groups excluding carboxylic acids is 2. The number of ether oxygens (including phenoxy) is 2. The minimum atomic E-state index is -1.25. The smallest absolute Gasteiger partial charge is 0.309 e. The van der Waals surface area contributed by atoms with Crippen LogP contribution in [0.2, 0.25) is 0 Å². The summed E-state index contributed by atoms with van der Waals surface area (Å²) in [6.45, 7) is 11.5. The van der Waals surface area contributed by atoms with E-state index in [1.807, 2.05) is 36.1 Å². The number of Topliss-reactive ketones (excluding diaryl/α,β-unsaturated/α-hetero) is 1. The van der Waals surface area contributed by atoms with Crippen molar-refractivity contribution >= 4 is 29.2 Å². The second kappa shape index (κ2) is 12.2. The monoisotopic (exact) mass is 573 g/mol. The van der Waals surface area contributed by atoms with Crippen LogP contribution in [0.15, 0.2) is 29.7 Å². The lowest BCUT2D eigenvalue weighted by Crippen LogP contribution is -2.45. The molecule has 2 aliphatic rings. The van der Waals surface area contributed by atoms with Gasteiger partial charge in [-0.05, 0) is 44.3 Å². The molecule has 4 heterocycles. The summed E-state index contributed by atoms with van der Waals surface area (Å²) in [7, 11) is 0. The van der Waals surface area contributed by atoms with Crippen molar-refractivity contribution in [3.63, 3.8) is 0 Å². The van der Waals surface area contributed by atoms with Crippen molar-refractivity contribution in [1.82, 2.24) is 14.5 Å². The summed E-state index contributed by atoms with van der Waals surface area (Å²) in [5.74, 6) is -1.60. The fraction of sp³-hybridized carbons (Fsp3) is 0.667. The van der Waals surface area contributed by atoms with Crippen LogP contribution in [0.1, 0.15) is 84.3 Å². The highest BCUT2D eigenvalue weighted by molar-refractivity contribution is 7.09. The van der Waals surface area contributed by atoms with Gasteiger partial charge in [-0.1, -0.05) is 34.1 Å². The summed E-state index contributed by atoms with van der Waals surface area (Å²) in [5.41, 5.74) is 0.0745. The first-order valence-corrected chi connectivity index (χ1v) is 15.0. The number of hydrogen-bond acceptors (Lipinski definition) is 9. The van der Waals surface area contributed by atoms with E-state index in [2.05, 4.69) is 11.9 Å². The number of rotatable bonds is 4. The molecule has 0 spiro atoms. The molecule has 2 aromatic rings. The van der Waals surface area contributed by atoms with Crippen LogP contribution in [-0.2, 0) is 25.6 Å². The Morgan fingerprint density at radius 2 is 2.00 bits per heavy atom. The van der Waals surface area contributed by atoms with Gasteiger partial charge in [0.1, 0.15) is 16.9 Å². The van der Waals surface area contributed by atoms with Crippen LogP contribution in [0.25, 0.3) is 6.08 Å². The fourth-order valence-corrected chi connectivity index (χ4v) is 6.38. The molecule has 7 atom stereocenters. The van der Waals surface area contributed by atoms with Gasteiger partial charge in [0.05, 0.1) is 54.3 Å². The highest BCUT2D eigenvalue weighted by atomic mass is 32.1. The molecular formula is C30H43N3O6S. The van der Waals surface area contributed by atoms with Crippen LogP contribution in [0.4, 0.5) is 0 Å². The van der Waals surface area contributed by atoms with Gasteiger partial charge < -0.3 is 24.3 Å². The molecule has 0 aliphatic carbocycles. The van der Waals surface area contributed by atoms with Crippen molar-refractivity contribution < 1.29 is 29.3 Å². The van der Waals surface area contributed by atoms with Crippen LogP contribution in [-0.4, -0.2) is 66.5 Å². The molecule has 0 saturated carbocycles. The van der Waals surface area contributed by atoms with E-state index in [0.717, 1.165) is 35.5 Å². The summed E-state index contributed by atoms with van der Waals surface area (Å²) in [6.07, 6.45) is 7.17. The number of aliphatic hydroxyl groups is 2. The van der Waals surface area contributed by atoms with E-state index < -0.39 is 35.6 Å². The van der Waals surface area contributed by atoms with Gasteiger partial charge in [0.2, 0.25) is 0 Å². The van der Waals surface area contributed by atoms with E-state index >= 15 is 0 Å². The number of nitrogens with zero attached hydrogens (tertiary/aromatic N) is 3. The standard InChI is InChI=1S/C30H43N3O6S/c1-18-8-7-9-30(6)24(39-30)13-22(19(2)12-21-16-40-25(32-21)15-33-11-10-31-17-33)38-26(35)14-23(34)29(4,5)28(37)20(3)27(18)36/h10-12,16-18,20,22-24,27,34,36H,7-9,13-15H2,1-6H3/t18-,20+,22-,23-,24+,27-,30+/m1/s1. The molecule has 2 aliphatic heterocycles. The number of carbonyl (C=O) groups is 2. The van der Waals surface area contributed by atoms with E-state index in [-0.39, 0.29) is 29.8 Å². The van der Waals surface area contributed by atoms with Gasteiger partial charge in [0.15, 0.2) is 0 Å². The molecule has 2 saturated heterocycles. The van der Waals surface area contributed by atoms with Crippen molar-refractivity contribution in [2.75, 3.05) is 0 Å². The Balaban J connectivity index is 1.54. The molecule has 2 N–H and O–H groups in total. The van der Waals surface area contributed by atoms with E-state index in [4.69, 9.17) is 14.5 Å². The minimum absolute atomic E-state index is 0.0733. The number of aromatic nitrogens is 3. The van der Waals surface area contributed by atoms with Crippen molar-refractivity contribution in [3.05, 3.63) is 40.4 Å². The average molecular weight is 574 g/mol. The quantitative estimate of drug-likeness (QED) is 0.407. The number of hydrogen-bond donors (Lipinski definition) is 2. The summed E-state index contributed by atoms with van der Waals surface area (Å²) in [5, 5.41) is 24.8. The zero-order chi connectivity index (χ0) is 29.2. The Bertz CT molecular complexity index is 1210. The lowest BCUT2D eigenvalue weighted by atomic mass is 9.73. The number of thiazole rings is 1. The lowest BCUT2D eigenvalue weighted by Gasteiger charge is -2.34. The zero-order valence-corrected chi connectivity index (χ0v) is 25.2. The first-order valence-electron chi connectivity index (χ1n) is 14.2. The number of esters is 1. The zero-order valence-electron chi connectivity index (χ0n) is 24.4. The maximum absolute atomic E-state index is 13.3. The normalized spacial score (nSPS) is 34.2. The highest BCUT2D eigenvalue weighted by Crippen LogP contribution is 2.45. The van der Waals surface area contributed by atoms with Crippen molar-refractivity contribution in [3.8, 4) is 0 Å². The van der Waals surface area contributed by atoms with Gasteiger partial charge >= 0.3 is 5.97 Å². The number of aliphatic hydroxyl groups excluding tert-OH is 2. The molecule has 220 valence electrons. The molecule has 0 amide bonds. The van der Waals surface area contributed by atoms with Crippen LogP contribution in [0.5, 0.6) is 0 Å². The Morgan fingerprint density at radius 1 is 1.25 bits per heavy atom. The maximum atomic E-state index is 13.3. The first-order chi connectivity index (χ1) is 18.8. The predicted octanol–water partition coefficient (Wildman–Crippen LogP) is 4.41. The third-order valence-electron chi connectivity index (χ3n) is 8.74. The Kier molecular flexibility index (Phi) is 9.34. The fourth-order valence-electron chi connectivity index (χ4n) is 5.62. The van der Waals surface area contributed by atoms with E-state index in [1.54, 1.807) is 44.6 Å². The van der Waals surface area contributed by atoms with E-state index in [1.165, 1.54) is 0 Å². The van der Waals surface area contributed by atoms with E-state index in [0.29, 0.717) is 13.0 Å². The number of cyclic esters (lactones) is 1. The molecule has 2 aromatic heterocycles. The summed E-state index contributed by atoms with van der Waals surface area (Å²) in [6, 6.07) is 0. The van der Waals surface area contributed by atoms with Crippen LogP contribution in [0.3, 0.4) is 0 Å². The average Bonchev–Trinajstić information content (AvgIpc) is 3.26. The Labute approximate surface area is 240 Å². The molecule has 40 heavy (non-hydrogen) atoms. The Hall–Kier alpha value is -2.40. The van der Waals surface area contributed by atoms with Gasteiger partial charge in [-0.25, -0.2) is 9.97 Å². The van der Waals surface area contributed by atoms with Gasteiger partial charge in [0, 0.05) is 30.1 Å². The van der Waals surface area contributed by atoms with Gasteiger partial charge in [0.25, 0.3) is 0 Å². The Morgan fingerprint density at radius 3 is 2.70 bits per heavy atom. The third kappa shape index (κ3) is 7.08. The number of fused-ring (bicyclic) bond motifs is 1. The highest BCUT2D eigenvalue weighted by Gasteiger charge is 2.53. The lowest BCUT2D eigenvalue weighted by molar-refractivity contribution is -0.154. The minimum Gasteiger partial charge on any atom is -0.458 e. The largest absolute Gasteiger partial charge is 0.458 e. The molecule has 0 aromatic carbocycles. The molecule has 10 heteroatoms. The van der Waals surface area contributed by atoms with Crippen molar-refractivity contribution in [2.24, 2.45) is 17.3 Å². The first kappa shape index (κ1) is 30.6. The summed E-state index contributed by atoms with van der Waals surface area (Å²) >= 11 is 1.55. The maximum Gasteiger partial charge on any atom is 0.309 e. The molecular weight excluding hydrogens is 530 g/mol. The predicted molar refractivity (Wildman–Crippen MR) is 152 cm³/mol. The number of ketones is 1. The third-order valence-corrected chi connectivity index (χ3v) is 9.59. The van der Waals surface area contributed by atoms with Crippen molar-refractivity contribution in [2.45, 2.75) is 110 Å². The van der Waals surface area contributed by atoms with Crippen LogP contribution in [0, 0.1) is 17.3 Å². The number of epoxide rings is 1. The van der Waals surface area contributed by atoms with Crippen LogP contribution < -0.4 is 0 Å². The second-order valence-corrected chi connectivity index (χ2v) is 13.3. The van der Waals surface area contributed by atoms with Gasteiger partial charge in [-0.2, -0.15) is 0 Å². The molecule has 2 fully saturated rings. The topological polar surface area (TPSA) is 127 Å². The molecule has 4 rings (SSSR count). The SMILES string of the molecule is CC(=Cc1csc(Cn2ccnc2)n1)[C@H]1C[C@@H]2O[C@@]2(C)CCC[C@@H](C)[C@@H](O)[C@H](C)C(=O)C(C)(C)[C@H](O)CC(=O)O1. The summed E-state index contributed by atoms with van der Waals surface area (Å²) < 4.78 is 14.0. The molecule has 9 nitrogen and oxygen atoms in total. The number of imidazole rings is 1. The van der Waals surface area contributed by atoms with Gasteiger partial charge in [-0.15, -0.1) is 11.3 Å². The summed E-state index contributed by atoms with van der Waals surface area (Å²) in [4.78, 5) is 35.2. The van der Waals surface area contributed by atoms with Crippen LogP contribution >= 0.6 is 11.3 Å². The second-order valence-electron chi connectivity index (χ2n) is 12.4. The molecule has 0 unspecified atom stereocenters. The molecule has 0 bridgehead atoms. The van der Waals surface area contributed by atoms with Gasteiger partial charge in [-0.3, -0.25) is 9.59 Å².